The predicted octanol–water partition coefficient (Wildman–Crippen LogP) is 4.23. The molecule has 0 bridgehead atoms. The van der Waals surface area contributed by atoms with E-state index >= 15 is 0 Å². The lowest BCUT2D eigenvalue weighted by Crippen LogP contribution is -2.35. The summed E-state index contributed by atoms with van der Waals surface area (Å²) in [5, 5.41) is 2.02. The molecule has 0 unspecified atom stereocenters. The molecular weight excluding hydrogens is 294 g/mol. The molecule has 1 aliphatic rings. The summed E-state index contributed by atoms with van der Waals surface area (Å²) in [6.07, 6.45) is 7.85. The molecule has 0 radical (unpaired) electrons. The SMILES string of the molecule is O=S(=O)(NC1CCCCCCC1)c1ccc2ccccc2c1. The van der Waals surface area contributed by atoms with Gasteiger partial charge in [0, 0.05) is 6.04 Å². The van der Waals surface area contributed by atoms with Gasteiger partial charge in [-0.3, -0.25) is 0 Å². The van der Waals surface area contributed by atoms with E-state index in [1.807, 2.05) is 30.3 Å². The van der Waals surface area contributed by atoms with E-state index in [1.54, 1.807) is 12.1 Å². The largest absolute Gasteiger partial charge is 0.240 e. The van der Waals surface area contributed by atoms with Crippen LogP contribution in [0.15, 0.2) is 47.4 Å². The van der Waals surface area contributed by atoms with E-state index < -0.39 is 10.0 Å². The van der Waals surface area contributed by atoms with E-state index in [0.29, 0.717) is 4.90 Å². The van der Waals surface area contributed by atoms with Gasteiger partial charge in [0.15, 0.2) is 0 Å². The standard InChI is InChI=1S/C18H23NO2S/c20-22(21,19-17-10-4-2-1-3-5-11-17)18-13-12-15-8-6-7-9-16(15)14-18/h6-9,12-14,17,19H,1-5,10-11H2. The second kappa shape index (κ2) is 6.80. The number of nitrogens with one attached hydrogen (secondary N) is 1. The number of sulfonamides is 1. The third-order valence-electron chi connectivity index (χ3n) is 4.46. The van der Waals surface area contributed by atoms with Crippen LogP contribution in [-0.4, -0.2) is 14.5 Å². The van der Waals surface area contributed by atoms with E-state index in [0.717, 1.165) is 36.5 Å². The van der Waals surface area contributed by atoms with Crippen LogP contribution in [0.1, 0.15) is 44.9 Å². The molecule has 0 heterocycles. The minimum atomic E-state index is -3.43. The zero-order valence-electron chi connectivity index (χ0n) is 12.8. The van der Waals surface area contributed by atoms with Gasteiger partial charge in [-0.1, -0.05) is 62.4 Å². The summed E-state index contributed by atoms with van der Waals surface area (Å²) in [5.41, 5.74) is 0. The molecule has 0 spiro atoms. The summed E-state index contributed by atoms with van der Waals surface area (Å²) >= 11 is 0. The fraction of sp³-hybridized carbons (Fsp3) is 0.444. The molecule has 0 atom stereocenters. The molecule has 0 aliphatic heterocycles. The first-order chi connectivity index (χ1) is 10.6. The van der Waals surface area contributed by atoms with Gasteiger partial charge in [0.05, 0.1) is 4.90 Å². The minimum Gasteiger partial charge on any atom is -0.208 e. The average Bonchev–Trinajstić information content (AvgIpc) is 2.49. The lowest BCUT2D eigenvalue weighted by molar-refractivity contribution is 0.426. The first-order valence-corrected chi connectivity index (χ1v) is 9.65. The molecule has 1 saturated carbocycles. The van der Waals surface area contributed by atoms with Crippen LogP contribution in [0.2, 0.25) is 0 Å². The van der Waals surface area contributed by atoms with Gasteiger partial charge >= 0.3 is 0 Å². The average molecular weight is 317 g/mol. The van der Waals surface area contributed by atoms with Crippen LogP contribution in [0.25, 0.3) is 10.8 Å². The van der Waals surface area contributed by atoms with Gasteiger partial charge in [0.1, 0.15) is 0 Å². The molecule has 3 rings (SSSR count). The highest BCUT2D eigenvalue weighted by molar-refractivity contribution is 7.89. The number of hydrogen-bond acceptors (Lipinski definition) is 2. The van der Waals surface area contributed by atoms with Gasteiger partial charge < -0.3 is 0 Å². The molecule has 1 aliphatic carbocycles. The Balaban J connectivity index is 1.80. The van der Waals surface area contributed by atoms with Crippen molar-refractivity contribution in [2.24, 2.45) is 0 Å². The van der Waals surface area contributed by atoms with Crippen molar-refractivity contribution in [3.8, 4) is 0 Å². The van der Waals surface area contributed by atoms with Crippen LogP contribution in [-0.2, 0) is 10.0 Å². The highest BCUT2D eigenvalue weighted by atomic mass is 32.2. The van der Waals surface area contributed by atoms with Crippen LogP contribution in [0, 0.1) is 0 Å². The van der Waals surface area contributed by atoms with Gasteiger partial charge in [-0.25, -0.2) is 13.1 Å². The maximum atomic E-state index is 12.6. The summed E-state index contributed by atoms with van der Waals surface area (Å²) in [4.78, 5) is 0.369. The second-order valence-corrected chi connectivity index (χ2v) is 7.89. The molecule has 118 valence electrons. The first kappa shape index (κ1) is 15.5. The summed E-state index contributed by atoms with van der Waals surface area (Å²) in [5.74, 6) is 0. The maximum Gasteiger partial charge on any atom is 0.240 e. The number of rotatable bonds is 3. The van der Waals surface area contributed by atoms with E-state index in [1.165, 1.54) is 19.3 Å². The normalized spacial score (nSPS) is 18.0. The summed E-state index contributed by atoms with van der Waals surface area (Å²) in [6, 6.07) is 13.3. The fourth-order valence-corrected chi connectivity index (χ4v) is 4.54. The molecule has 0 saturated heterocycles. The highest BCUT2D eigenvalue weighted by Gasteiger charge is 2.20. The van der Waals surface area contributed by atoms with E-state index in [-0.39, 0.29) is 6.04 Å². The lowest BCUT2D eigenvalue weighted by Gasteiger charge is -2.21. The molecule has 2 aromatic rings. The Morgan fingerprint density at radius 3 is 2.18 bits per heavy atom. The Morgan fingerprint density at radius 2 is 1.45 bits per heavy atom. The molecule has 3 nitrogen and oxygen atoms in total. The smallest absolute Gasteiger partial charge is 0.208 e. The molecule has 0 aromatic heterocycles. The van der Waals surface area contributed by atoms with Crippen LogP contribution in [0.5, 0.6) is 0 Å². The zero-order valence-corrected chi connectivity index (χ0v) is 13.6. The van der Waals surface area contributed by atoms with Crippen molar-refractivity contribution in [2.45, 2.75) is 55.9 Å². The Bertz CT molecular complexity index is 732. The highest BCUT2D eigenvalue weighted by Crippen LogP contribution is 2.22. The van der Waals surface area contributed by atoms with E-state index in [4.69, 9.17) is 0 Å². The van der Waals surface area contributed by atoms with Crippen molar-refractivity contribution >= 4 is 20.8 Å². The predicted molar refractivity (Wildman–Crippen MR) is 90.4 cm³/mol. The topological polar surface area (TPSA) is 46.2 Å². The Morgan fingerprint density at radius 1 is 0.818 bits per heavy atom. The van der Waals surface area contributed by atoms with Crippen molar-refractivity contribution in [3.63, 3.8) is 0 Å². The third kappa shape index (κ3) is 3.68. The summed E-state index contributed by atoms with van der Waals surface area (Å²) < 4.78 is 28.2. The summed E-state index contributed by atoms with van der Waals surface area (Å²) in [7, 11) is -3.43. The van der Waals surface area contributed by atoms with Crippen LogP contribution >= 0.6 is 0 Å². The summed E-state index contributed by atoms with van der Waals surface area (Å²) in [6.45, 7) is 0. The molecule has 2 aromatic carbocycles. The Kier molecular flexibility index (Phi) is 4.79. The number of fused-ring (bicyclic) bond motifs is 1. The van der Waals surface area contributed by atoms with E-state index in [2.05, 4.69) is 4.72 Å². The van der Waals surface area contributed by atoms with Crippen LogP contribution < -0.4 is 4.72 Å². The van der Waals surface area contributed by atoms with Crippen LogP contribution in [0.3, 0.4) is 0 Å². The van der Waals surface area contributed by atoms with Gasteiger partial charge in [0.2, 0.25) is 10.0 Å². The van der Waals surface area contributed by atoms with Crippen molar-refractivity contribution < 1.29 is 8.42 Å². The number of benzene rings is 2. The fourth-order valence-electron chi connectivity index (χ4n) is 3.20. The Labute approximate surface area is 132 Å². The molecule has 4 heteroatoms. The van der Waals surface area contributed by atoms with Gasteiger partial charge in [-0.05, 0) is 35.7 Å². The lowest BCUT2D eigenvalue weighted by atomic mass is 9.97. The second-order valence-electron chi connectivity index (χ2n) is 6.17. The van der Waals surface area contributed by atoms with Gasteiger partial charge in [-0.2, -0.15) is 0 Å². The Hall–Kier alpha value is -1.39. The zero-order chi connectivity index (χ0) is 15.4. The molecule has 0 amide bonds. The van der Waals surface area contributed by atoms with Crippen molar-refractivity contribution in [1.29, 1.82) is 0 Å². The van der Waals surface area contributed by atoms with Gasteiger partial charge in [0.25, 0.3) is 0 Å². The molecule has 1 N–H and O–H groups in total. The first-order valence-electron chi connectivity index (χ1n) is 8.16. The molecule has 1 fully saturated rings. The third-order valence-corrected chi connectivity index (χ3v) is 5.98. The minimum absolute atomic E-state index is 0.0803. The van der Waals surface area contributed by atoms with Crippen molar-refractivity contribution in [3.05, 3.63) is 42.5 Å². The van der Waals surface area contributed by atoms with E-state index in [9.17, 15) is 8.42 Å². The number of hydrogen-bond donors (Lipinski definition) is 1. The van der Waals surface area contributed by atoms with Crippen molar-refractivity contribution in [1.82, 2.24) is 4.72 Å². The van der Waals surface area contributed by atoms with Crippen molar-refractivity contribution in [2.75, 3.05) is 0 Å². The monoisotopic (exact) mass is 317 g/mol. The van der Waals surface area contributed by atoms with Gasteiger partial charge in [-0.15, -0.1) is 0 Å². The molecule has 22 heavy (non-hydrogen) atoms. The quantitative estimate of drug-likeness (QED) is 0.920. The molecular formula is C18H23NO2S. The van der Waals surface area contributed by atoms with Crippen LogP contribution in [0.4, 0.5) is 0 Å². The maximum absolute atomic E-state index is 12.6.